The van der Waals surface area contributed by atoms with Crippen LogP contribution in [0, 0.1) is 11.7 Å². The van der Waals surface area contributed by atoms with Gasteiger partial charge in [0, 0.05) is 37.7 Å². The molecule has 5 heteroatoms. The van der Waals surface area contributed by atoms with Crippen molar-refractivity contribution >= 4 is 6.09 Å². The number of likely N-dealkylation sites (tertiary alicyclic amines) is 1. The Bertz CT molecular complexity index is 493. The Morgan fingerprint density at radius 3 is 2.67 bits per heavy atom. The summed E-state index contributed by atoms with van der Waals surface area (Å²) in [5.74, 6) is 0.221. The van der Waals surface area contributed by atoms with Crippen molar-refractivity contribution in [1.82, 2.24) is 10.2 Å². The minimum absolute atomic E-state index is 0.186. The third-order valence-corrected chi connectivity index (χ3v) is 3.32. The third kappa shape index (κ3) is 4.70. The normalized spacial score (nSPS) is 15.7. The molecule has 21 heavy (non-hydrogen) atoms. The van der Waals surface area contributed by atoms with Gasteiger partial charge in [-0.05, 0) is 26.8 Å². The first-order chi connectivity index (χ1) is 9.85. The molecule has 1 aromatic rings. The molecule has 0 bridgehead atoms. The van der Waals surface area contributed by atoms with Gasteiger partial charge in [0.15, 0.2) is 0 Å². The van der Waals surface area contributed by atoms with Crippen molar-refractivity contribution in [2.45, 2.75) is 32.9 Å². The summed E-state index contributed by atoms with van der Waals surface area (Å²) in [6.07, 6.45) is -0.257. The van der Waals surface area contributed by atoms with Crippen LogP contribution in [0.1, 0.15) is 26.3 Å². The van der Waals surface area contributed by atoms with E-state index >= 15 is 0 Å². The SMILES string of the molecule is CC(C)(C)OC(=O)N1CC(CNCc2ccccc2F)C1. The average Bonchev–Trinajstić information content (AvgIpc) is 2.31. The van der Waals surface area contributed by atoms with Crippen LogP contribution in [-0.2, 0) is 11.3 Å². The molecule has 0 spiro atoms. The summed E-state index contributed by atoms with van der Waals surface area (Å²) in [4.78, 5) is 13.5. The summed E-state index contributed by atoms with van der Waals surface area (Å²) >= 11 is 0. The lowest BCUT2D eigenvalue weighted by Gasteiger charge is -2.39. The molecule has 0 radical (unpaired) electrons. The highest BCUT2D eigenvalue weighted by molar-refractivity contribution is 5.69. The minimum Gasteiger partial charge on any atom is -0.444 e. The van der Waals surface area contributed by atoms with Crippen LogP contribution in [-0.4, -0.2) is 36.2 Å². The van der Waals surface area contributed by atoms with Crippen LogP contribution in [0.25, 0.3) is 0 Å². The molecule has 116 valence electrons. The first kappa shape index (κ1) is 15.8. The number of halogens is 1. The van der Waals surface area contributed by atoms with Gasteiger partial charge >= 0.3 is 6.09 Å². The molecule has 1 heterocycles. The zero-order valence-corrected chi connectivity index (χ0v) is 12.9. The van der Waals surface area contributed by atoms with E-state index in [0.29, 0.717) is 31.1 Å². The topological polar surface area (TPSA) is 41.6 Å². The van der Waals surface area contributed by atoms with Gasteiger partial charge < -0.3 is 15.0 Å². The largest absolute Gasteiger partial charge is 0.444 e. The van der Waals surface area contributed by atoms with Crippen LogP contribution < -0.4 is 5.32 Å². The standard InChI is InChI=1S/C16H23FN2O2/c1-16(2,3)21-15(20)19-10-12(11-19)8-18-9-13-6-4-5-7-14(13)17/h4-7,12,18H,8-11H2,1-3H3. The van der Waals surface area contributed by atoms with E-state index in [1.54, 1.807) is 17.0 Å². The molecule has 2 rings (SSSR count). The lowest BCUT2D eigenvalue weighted by Crippen LogP contribution is -2.54. The molecule has 1 aliphatic rings. The van der Waals surface area contributed by atoms with Gasteiger partial charge in [0.2, 0.25) is 0 Å². The Labute approximate surface area is 125 Å². The molecule has 0 aromatic heterocycles. The van der Waals surface area contributed by atoms with E-state index in [0.717, 1.165) is 6.54 Å². The fourth-order valence-electron chi connectivity index (χ4n) is 2.23. The predicted molar refractivity (Wildman–Crippen MR) is 79.4 cm³/mol. The van der Waals surface area contributed by atoms with Crippen LogP contribution in [0.4, 0.5) is 9.18 Å². The Morgan fingerprint density at radius 2 is 2.05 bits per heavy atom. The number of hydrogen-bond acceptors (Lipinski definition) is 3. The summed E-state index contributed by atoms with van der Waals surface area (Å²) in [5, 5.41) is 3.23. The summed E-state index contributed by atoms with van der Waals surface area (Å²) < 4.78 is 18.7. The summed E-state index contributed by atoms with van der Waals surface area (Å²) in [6.45, 7) is 8.25. The second-order valence-corrected chi connectivity index (χ2v) is 6.47. The summed E-state index contributed by atoms with van der Waals surface area (Å²) in [5.41, 5.74) is 0.214. The van der Waals surface area contributed by atoms with Crippen LogP contribution in [0.2, 0.25) is 0 Å². The highest BCUT2D eigenvalue weighted by Crippen LogP contribution is 2.19. The molecule has 0 saturated carbocycles. The van der Waals surface area contributed by atoms with Gasteiger partial charge in [-0.15, -0.1) is 0 Å². The van der Waals surface area contributed by atoms with Gasteiger partial charge in [-0.2, -0.15) is 0 Å². The van der Waals surface area contributed by atoms with Gasteiger partial charge in [0.1, 0.15) is 11.4 Å². The maximum Gasteiger partial charge on any atom is 0.410 e. The van der Waals surface area contributed by atoms with E-state index in [1.807, 2.05) is 26.8 Å². The minimum atomic E-state index is -0.453. The van der Waals surface area contributed by atoms with Crippen molar-refractivity contribution in [3.05, 3.63) is 35.6 Å². The molecule has 1 aliphatic heterocycles. The lowest BCUT2D eigenvalue weighted by atomic mass is 10.0. The van der Waals surface area contributed by atoms with Gasteiger partial charge in [-0.1, -0.05) is 18.2 Å². The molecular weight excluding hydrogens is 271 g/mol. The van der Waals surface area contributed by atoms with Crippen LogP contribution in [0.15, 0.2) is 24.3 Å². The summed E-state index contributed by atoms with van der Waals surface area (Å²) in [7, 11) is 0. The Hall–Kier alpha value is -1.62. The number of carbonyl (C=O) groups excluding carboxylic acids is 1. The maximum atomic E-state index is 13.4. The third-order valence-electron chi connectivity index (χ3n) is 3.32. The fraction of sp³-hybridized carbons (Fsp3) is 0.562. The molecule has 4 nitrogen and oxygen atoms in total. The molecule has 0 unspecified atom stereocenters. The second kappa shape index (κ2) is 6.43. The molecule has 0 atom stereocenters. The zero-order chi connectivity index (χ0) is 15.5. The van der Waals surface area contributed by atoms with Gasteiger partial charge in [-0.3, -0.25) is 0 Å². The number of hydrogen-bond donors (Lipinski definition) is 1. The van der Waals surface area contributed by atoms with E-state index in [2.05, 4.69) is 5.32 Å². The Balaban J connectivity index is 1.65. The lowest BCUT2D eigenvalue weighted by molar-refractivity contribution is -0.000802. The van der Waals surface area contributed by atoms with Crippen molar-refractivity contribution in [2.24, 2.45) is 5.92 Å². The fourth-order valence-corrected chi connectivity index (χ4v) is 2.23. The second-order valence-electron chi connectivity index (χ2n) is 6.47. The van der Waals surface area contributed by atoms with Crippen molar-refractivity contribution in [1.29, 1.82) is 0 Å². The van der Waals surface area contributed by atoms with Crippen LogP contribution >= 0.6 is 0 Å². The number of rotatable bonds is 4. The van der Waals surface area contributed by atoms with Crippen LogP contribution in [0.3, 0.4) is 0 Å². The number of benzene rings is 1. The van der Waals surface area contributed by atoms with Crippen molar-refractivity contribution < 1.29 is 13.9 Å². The quantitative estimate of drug-likeness (QED) is 0.928. The first-order valence-corrected chi connectivity index (χ1v) is 7.27. The smallest absolute Gasteiger partial charge is 0.410 e. The van der Waals surface area contributed by atoms with E-state index in [9.17, 15) is 9.18 Å². The van der Waals surface area contributed by atoms with Crippen molar-refractivity contribution in [3.8, 4) is 0 Å². The molecular formula is C16H23FN2O2. The summed E-state index contributed by atoms with van der Waals surface area (Å²) in [6, 6.07) is 6.75. The highest BCUT2D eigenvalue weighted by atomic mass is 19.1. The highest BCUT2D eigenvalue weighted by Gasteiger charge is 2.33. The number of carbonyl (C=O) groups is 1. The molecule has 1 fully saturated rings. The van der Waals surface area contributed by atoms with Gasteiger partial charge in [0.25, 0.3) is 0 Å². The number of ether oxygens (including phenoxy) is 1. The Morgan fingerprint density at radius 1 is 1.38 bits per heavy atom. The maximum absolute atomic E-state index is 13.4. The predicted octanol–water partition coefficient (Wildman–Crippen LogP) is 2.78. The molecule has 1 saturated heterocycles. The van der Waals surface area contributed by atoms with Crippen molar-refractivity contribution in [3.63, 3.8) is 0 Å². The Kier molecular flexibility index (Phi) is 4.83. The zero-order valence-electron chi connectivity index (χ0n) is 12.9. The van der Waals surface area contributed by atoms with Gasteiger partial charge in [0.05, 0.1) is 0 Å². The van der Waals surface area contributed by atoms with E-state index in [4.69, 9.17) is 4.74 Å². The molecule has 1 N–H and O–H groups in total. The number of amides is 1. The number of nitrogens with one attached hydrogen (secondary N) is 1. The van der Waals surface area contributed by atoms with E-state index in [1.165, 1.54) is 6.07 Å². The monoisotopic (exact) mass is 294 g/mol. The molecule has 0 aliphatic carbocycles. The van der Waals surface area contributed by atoms with Gasteiger partial charge in [-0.25, -0.2) is 9.18 Å². The first-order valence-electron chi connectivity index (χ1n) is 7.27. The average molecular weight is 294 g/mol. The van der Waals surface area contributed by atoms with Crippen LogP contribution in [0.5, 0.6) is 0 Å². The molecule has 1 amide bonds. The number of nitrogens with zero attached hydrogens (tertiary/aromatic N) is 1. The van der Waals surface area contributed by atoms with E-state index < -0.39 is 5.60 Å². The van der Waals surface area contributed by atoms with Crippen molar-refractivity contribution in [2.75, 3.05) is 19.6 Å². The van der Waals surface area contributed by atoms with E-state index in [-0.39, 0.29) is 11.9 Å². The molecule has 1 aromatic carbocycles.